The second kappa shape index (κ2) is 11.3. The zero-order valence-corrected chi connectivity index (χ0v) is 18.3. The molecule has 0 saturated heterocycles. The van der Waals surface area contributed by atoms with Crippen molar-refractivity contribution in [3.05, 3.63) is 69.7 Å². The highest BCUT2D eigenvalue weighted by Crippen LogP contribution is 2.21. The van der Waals surface area contributed by atoms with Gasteiger partial charge in [0, 0.05) is 28.9 Å². The van der Waals surface area contributed by atoms with E-state index in [0.29, 0.717) is 22.3 Å². The van der Waals surface area contributed by atoms with Gasteiger partial charge in [-0.25, -0.2) is 0 Å². The van der Waals surface area contributed by atoms with Gasteiger partial charge >= 0.3 is 0 Å². The Kier molecular flexibility index (Phi) is 9.16. The molecule has 0 radical (unpaired) electrons. The third-order valence-corrected chi connectivity index (χ3v) is 5.79. The lowest BCUT2D eigenvalue weighted by Gasteiger charge is -2.29. The van der Waals surface area contributed by atoms with Crippen molar-refractivity contribution in [1.29, 1.82) is 0 Å². The fourth-order valence-electron chi connectivity index (χ4n) is 2.68. The van der Waals surface area contributed by atoms with E-state index in [1.54, 1.807) is 17.9 Å². The van der Waals surface area contributed by atoms with Gasteiger partial charge in [0.15, 0.2) is 0 Å². The van der Waals surface area contributed by atoms with Crippen LogP contribution in [0.1, 0.15) is 25.0 Å². The molecule has 2 aromatic carbocycles. The van der Waals surface area contributed by atoms with Crippen LogP contribution in [-0.2, 0) is 21.9 Å². The zero-order chi connectivity index (χ0) is 20.5. The summed E-state index contributed by atoms with van der Waals surface area (Å²) in [5.41, 5.74) is 1.87. The van der Waals surface area contributed by atoms with Crippen molar-refractivity contribution in [3.8, 4) is 0 Å². The summed E-state index contributed by atoms with van der Waals surface area (Å²) < 4.78 is 0. The number of rotatable bonds is 9. The summed E-state index contributed by atoms with van der Waals surface area (Å²) >= 11 is 13.8. The number of carbonyl (C=O) groups excluding carboxylic acids is 2. The summed E-state index contributed by atoms with van der Waals surface area (Å²) in [5.74, 6) is 0.649. The summed E-state index contributed by atoms with van der Waals surface area (Å²) in [6.45, 7) is 4.39. The molecule has 1 N–H and O–H groups in total. The number of halogens is 2. The van der Waals surface area contributed by atoms with Gasteiger partial charge in [-0.3, -0.25) is 9.59 Å². The Labute approximate surface area is 180 Å². The summed E-state index contributed by atoms with van der Waals surface area (Å²) in [6.07, 6.45) is 0. The molecular weight excluding hydrogens is 415 g/mol. The molecule has 7 heteroatoms. The van der Waals surface area contributed by atoms with Crippen LogP contribution in [0.15, 0.2) is 48.5 Å². The van der Waals surface area contributed by atoms with Gasteiger partial charge in [-0.2, -0.15) is 0 Å². The molecule has 0 aliphatic carbocycles. The molecule has 150 valence electrons. The minimum Gasteiger partial charge on any atom is -0.355 e. The van der Waals surface area contributed by atoms with E-state index in [9.17, 15) is 9.59 Å². The highest BCUT2D eigenvalue weighted by molar-refractivity contribution is 7.99. The summed E-state index contributed by atoms with van der Waals surface area (Å²) in [5, 5.41) is 4.04. The largest absolute Gasteiger partial charge is 0.355 e. The van der Waals surface area contributed by atoms with Crippen LogP contribution in [0.3, 0.4) is 0 Å². The number of nitrogens with one attached hydrogen (secondary N) is 1. The first-order valence-electron chi connectivity index (χ1n) is 9.05. The molecule has 0 fully saturated rings. The predicted octanol–water partition coefficient (Wildman–Crippen LogP) is 4.78. The molecular formula is C21H24Cl2N2O2S. The third-order valence-electron chi connectivity index (χ3n) is 4.20. The molecule has 0 aliphatic heterocycles. The van der Waals surface area contributed by atoms with Crippen molar-refractivity contribution in [3.63, 3.8) is 0 Å². The molecule has 0 saturated carbocycles. The third kappa shape index (κ3) is 6.73. The first-order valence-corrected chi connectivity index (χ1v) is 11.0. The Hall–Kier alpha value is -1.69. The van der Waals surface area contributed by atoms with E-state index < -0.39 is 6.04 Å². The van der Waals surface area contributed by atoms with Gasteiger partial charge < -0.3 is 10.2 Å². The second-order valence-corrected chi connectivity index (χ2v) is 8.14. The lowest BCUT2D eigenvalue weighted by molar-refractivity contribution is -0.138. The van der Waals surface area contributed by atoms with Crippen LogP contribution in [0.5, 0.6) is 0 Å². The maximum Gasteiger partial charge on any atom is 0.242 e. The Morgan fingerprint density at radius 3 is 2.57 bits per heavy atom. The second-order valence-electron chi connectivity index (χ2n) is 6.31. The van der Waals surface area contributed by atoms with Crippen molar-refractivity contribution < 1.29 is 9.59 Å². The standard InChI is InChI=1S/C21H24Cl2N2O2S/c1-3-24-21(27)15(2)25(12-17-8-4-5-10-19(17)23)20(26)14-28-13-16-7-6-9-18(22)11-16/h4-11,15H,3,12-14H2,1-2H3,(H,24,27)/t15-/m0/s1. The molecule has 4 nitrogen and oxygen atoms in total. The van der Waals surface area contributed by atoms with Gasteiger partial charge in [0.2, 0.25) is 11.8 Å². The maximum absolute atomic E-state index is 12.9. The lowest BCUT2D eigenvalue weighted by Crippen LogP contribution is -2.48. The Morgan fingerprint density at radius 1 is 1.14 bits per heavy atom. The zero-order valence-electron chi connectivity index (χ0n) is 16.0. The first-order chi connectivity index (χ1) is 13.4. The van der Waals surface area contributed by atoms with Crippen LogP contribution >= 0.6 is 35.0 Å². The van der Waals surface area contributed by atoms with E-state index in [1.165, 1.54) is 11.8 Å². The molecule has 2 aromatic rings. The number of nitrogens with zero attached hydrogens (tertiary/aromatic N) is 1. The molecule has 2 amide bonds. The van der Waals surface area contributed by atoms with Crippen LogP contribution in [0, 0.1) is 0 Å². The molecule has 2 rings (SSSR count). The minimum absolute atomic E-state index is 0.106. The number of hydrogen-bond donors (Lipinski definition) is 1. The Morgan fingerprint density at radius 2 is 1.89 bits per heavy atom. The van der Waals surface area contributed by atoms with Crippen LogP contribution in [0.2, 0.25) is 10.0 Å². The first kappa shape index (κ1) is 22.6. The van der Waals surface area contributed by atoms with Crippen molar-refractivity contribution >= 4 is 46.8 Å². The monoisotopic (exact) mass is 438 g/mol. The van der Waals surface area contributed by atoms with Crippen molar-refractivity contribution in [2.24, 2.45) is 0 Å². The van der Waals surface area contributed by atoms with E-state index in [0.717, 1.165) is 11.1 Å². The van der Waals surface area contributed by atoms with E-state index in [-0.39, 0.29) is 24.1 Å². The quantitative estimate of drug-likeness (QED) is 0.612. The topological polar surface area (TPSA) is 49.4 Å². The number of amides is 2. The van der Waals surface area contributed by atoms with Gasteiger partial charge in [0.25, 0.3) is 0 Å². The molecule has 0 unspecified atom stereocenters. The summed E-state index contributed by atoms with van der Waals surface area (Å²) in [7, 11) is 0. The molecule has 1 atom stereocenters. The SMILES string of the molecule is CCNC(=O)[C@H](C)N(Cc1ccccc1Cl)C(=O)CSCc1cccc(Cl)c1. The Bertz CT molecular complexity index is 816. The molecule has 0 spiro atoms. The number of hydrogen-bond acceptors (Lipinski definition) is 3. The molecule has 0 aromatic heterocycles. The predicted molar refractivity (Wildman–Crippen MR) is 118 cm³/mol. The highest BCUT2D eigenvalue weighted by atomic mass is 35.5. The Balaban J connectivity index is 2.07. The fraction of sp³-hybridized carbons (Fsp3) is 0.333. The number of benzene rings is 2. The van der Waals surface area contributed by atoms with Gasteiger partial charge in [-0.1, -0.05) is 53.5 Å². The van der Waals surface area contributed by atoms with Gasteiger partial charge in [0.05, 0.1) is 5.75 Å². The van der Waals surface area contributed by atoms with Crippen LogP contribution in [0.4, 0.5) is 0 Å². The molecule has 0 bridgehead atoms. The smallest absolute Gasteiger partial charge is 0.242 e. The van der Waals surface area contributed by atoms with Crippen LogP contribution in [-0.4, -0.2) is 35.1 Å². The highest BCUT2D eigenvalue weighted by Gasteiger charge is 2.26. The van der Waals surface area contributed by atoms with Crippen LogP contribution < -0.4 is 5.32 Å². The molecule has 0 aliphatic rings. The fourth-order valence-corrected chi connectivity index (χ4v) is 3.95. The van der Waals surface area contributed by atoms with E-state index in [1.807, 2.05) is 49.4 Å². The molecule has 28 heavy (non-hydrogen) atoms. The van der Waals surface area contributed by atoms with Crippen molar-refractivity contribution in [2.75, 3.05) is 12.3 Å². The number of thioether (sulfide) groups is 1. The average Bonchev–Trinajstić information content (AvgIpc) is 2.67. The van der Waals surface area contributed by atoms with E-state index in [2.05, 4.69) is 5.32 Å². The van der Waals surface area contributed by atoms with Gasteiger partial charge in [0.1, 0.15) is 6.04 Å². The maximum atomic E-state index is 12.9. The number of carbonyl (C=O) groups is 2. The van der Waals surface area contributed by atoms with Gasteiger partial charge in [-0.05, 0) is 43.2 Å². The van der Waals surface area contributed by atoms with E-state index in [4.69, 9.17) is 23.2 Å². The normalized spacial score (nSPS) is 11.7. The molecule has 0 heterocycles. The van der Waals surface area contributed by atoms with Gasteiger partial charge in [-0.15, -0.1) is 11.8 Å². The minimum atomic E-state index is -0.588. The lowest BCUT2D eigenvalue weighted by atomic mass is 10.1. The average molecular weight is 439 g/mol. The van der Waals surface area contributed by atoms with Crippen LogP contribution in [0.25, 0.3) is 0 Å². The number of likely N-dealkylation sites (N-methyl/N-ethyl adjacent to an activating group) is 1. The van der Waals surface area contributed by atoms with Crippen molar-refractivity contribution in [2.45, 2.75) is 32.2 Å². The summed E-state index contributed by atoms with van der Waals surface area (Å²) in [4.78, 5) is 26.8. The van der Waals surface area contributed by atoms with E-state index >= 15 is 0 Å². The van der Waals surface area contributed by atoms with Crippen molar-refractivity contribution in [1.82, 2.24) is 10.2 Å². The summed E-state index contributed by atoms with van der Waals surface area (Å²) in [6, 6.07) is 14.3.